The molecule has 2 nitrogen and oxygen atoms in total. The molecule has 0 amide bonds. The van der Waals surface area contributed by atoms with Crippen molar-refractivity contribution in [1.29, 1.82) is 0 Å². The van der Waals surface area contributed by atoms with Crippen LogP contribution >= 0.6 is 0 Å². The Bertz CT molecular complexity index is 1050. The average molecular weight is 633 g/mol. The van der Waals surface area contributed by atoms with Gasteiger partial charge in [-0.15, -0.1) is 0 Å². The van der Waals surface area contributed by atoms with E-state index in [4.69, 9.17) is 8.85 Å². The monoisotopic (exact) mass is 632 g/mol. The maximum Gasteiger partial charge on any atom is 0.261 e. The number of benzene rings is 2. The summed E-state index contributed by atoms with van der Waals surface area (Å²) >= 11 is 0. The summed E-state index contributed by atoms with van der Waals surface area (Å²) in [7, 11) is -4.02. The standard InChI is InChI=1S/C40H64O2Si2/c1-8-12-19-31-38-35(32-33-39(38)42-43(9-2,10-3)11-4)26-20-15-13-14-16-25-34-41-44(40(5,6)7,36-27-21-17-22-28-36)37-29-23-18-24-30-37/h12,17-19,21-24,27-30,32-33,35,38-39H,8-11,13-16,20,25-26,31,34H2,1-7H3/b19-12-/t35-,38+,39-/m0/s1. The van der Waals surface area contributed by atoms with E-state index >= 15 is 0 Å². The minimum absolute atomic E-state index is 0.0476. The molecule has 0 fully saturated rings. The molecule has 0 unspecified atom stereocenters. The van der Waals surface area contributed by atoms with Gasteiger partial charge in [-0.3, -0.25) is 0 Å². The van der Waals surface area contributed by atoms with Crippen molar-refractivity contribution in [1.82, 2.24) is 0 Å². The van der Waals surface area contributed by atoms with E-state index in [0.29, 0.717) is 17.9 Å². The maximum atomic E-state index is 7.10. The molecule has 0 saturated carbocycles. The van der Waals surface area contributed by atoms with Crippen molar-refractivity contribution in [3.8, 4) is 0 Å². The zero-order valence-electron chi connectivity index (χ0n) is 29.3. The van der Waals surface area contributed by atoms with Gasteiger partial charge in [-0.05, 0) is 71.1 Å². The molecule has 2 aromatic carbocycles. The molecule has 0 saturated heterocycles. The molecule has 1 aliphatic carbocycles. The summed E-state index contributed by atoms with van der Waals surface area (Å²) in [4.78, 5) is 0. The molecule has 0 aliphatic heterocycles. The molecular weight excluding hydrogens is 569 g/mol. The van der Waals surface area contributed by atoms with Gasteiger partial charge in [-0.25, -0.2) is 0 Å². The number of hydrogen-bond acceptors (Lipinski definition) is 2. The van der Waals surface area contributed by atoms with Crippen molar-refractivity contribution < 1.29 is 8.85 Å². The van der Waals surface area contributed by atoms with Gasteiger partial charge in [-0.2, -0.15) is 0 Å². The lowest BCUT2D eigenvalue weighted by molar-refractivity contribution is 0.150. The quantitative estimate of drug-likeness (QED) is 0.0821. The zero-order valence-corrected chi connectivity index (χ0v) is 31.3. The Morgan fingerprint density at radius 3 is 1.75 bits per heavy atom. The van der Waals surface area contributed by atoms with Crippen molar-refractivity contribution in [2.24, 2.45) is 11.8 Å². The van der Waals surface area contributed by atoms with Gasteiger partial charge in [0.25, 0.3) is 8.32 Å². The number of allylic oxidation sites excluding steroid dienone is 3. The van der Waals surface area contributed by atoms with Gasteiger partial charge in [0.15, 0.2) is 8.32 Å². The SMILES string of the molecule is CC/C=C\C[C@@H]1[C@@H](CCCCCCCCO[Si](c2ccccc2)(c2ccccc2)C(C)(C)C)C=C[C@@H]1O[Si](CC)(CC)CC. The van der Waals surface area contributed by atoms with Crippen LogP contribution < -0.4 is 10.4 Å². The van der Waals surface area contributed by atoms with Crippen LogP contribution in [0.5, 0.6) is 0 Å². The second-order valence-electron chi connectivity index (χ2n) is 14.1. The molecule has 0 bridgehead atoms. The number of hydrogen-bond donors (Lipinski definition) is 0. The predicted molar refractivity (Wildman–Crippen MR) is 198 cm³/mol. The van der Waals surface area contributed by atoms with Crippen LogP contribution in [-0.2, 0) is 8.85 Å². The molecular formula is C40H64O2Si2. The van der Waals surface area contributed by atoms with Gasteiger partial charge in [0.1, 0.15) is 0 Å². The first-order valence-corrected chi connectivity index (χ1v) is 22.5. The number of unbranched alkanes of at least 4 members (excludes halogenated alkanes) is 5. The zero-order chi connectivity index (χ0) is 31.9. The van der Waals surface area contributed by atoms with E-state index in [1.165, 1.54) is 67.0 Å². The molecule has 44 heavy (non-hydrogen) atoms. The third-order valence-electron chi connectivity index (χ3n) is 10.3. The Morgan fingerprint density at radius 1 is 0.682 bits per heavy atom. The smallest absolute Gasteiger partial charge is 0.261 e. The third-order valence-corrected chi connectivity index (χ3v) is 20.0. The van der Waals surface area contributed by atoms with Crippen molar-refractivity contribution in [3.63, 3.8) is 0 Å². The first-order valence-electron chi connectivity index (χ1n) is 18.0. The van der Waals surface area contributed by atoms with E-state index in [-0.39, 0.29) is 5.04 Å². The summed E-state index contributed by atoms with van der Waals surface area (Å²) in [5, 5.41) is 2.80. The molecule has 0 N–H and O–H groups in total. The highest BCUT2D eigenvalue weighted by Crippen LogP contribution is 2.39. The van der Waals surface area contributed by atoms with Crippen molar-refractivity contribution >= 4 is 27.0 Å². The second kappa shape index (κ2) is 18.4. The lowest BCUT2D eigenvalue weighted by Gasteiger charge is -2.43. The highest BCUT2D eigenvalue weighted by molar-refractivity contribution is 6.99. The van der Waals surface area contributed by atoms with Gasteiger partial charge < -0.3 is 8.85 Å². The van der Waals surface area contributed by atoms with E-state index in [1.54, 1.807) is 0 Å². The van der Waals surface area contributed by atoms with Gasteiger partial charge in [0.05, 0.1) is 6.10 Å². The summed E-state index contributed by atoms with van der Waals surface area (Å²) in [6.07, 6.45) is 21.3. The van der Waals surface area contributed by atoms with Crippen LogP contribution in [0.15, 0.2) is 85.0 Å². The molecule has 2 aromatic rings. The topological polar surface area (TPSA) is 18.5 Å². The molecule has 1 aliphatic rings. The van der Waals surface area contributed by atoms with Crippen molar-refractivity contribution in [2.75, 3.05) is 6.61 Å². The van der Waals surface area contributed by atoms with Gasteiger partial charge in [0, 0.05) is 6.61 Å². The fourth-order valence-corrected chi connectivity index (χ4v) is 14.8. The van der Waals surface area contributed by atoms with Gasteiger partial charge in [-0.1, -0.05) is 166 Å². The normalized spacial score (nSPS) is 19.3. The Kier molecular flexibility index (Phi) is 15.4. The number of rotatable bonds is 20. The molecule has 0 heterocycles. The first-order chi connectivity index (χ1) is 21.3. The Morgan fingerprint density at radius 2 is 1.23 bits per heavy atom. The highest BCUT2D eigenvalue weighted by atomic mass is 28.4. The van der Waals surface area contributed by atoms with Crippen molar-refractivity contribution in [3.05, 3.63) is 85.0 Å². The van der Waals surface area contributed by atoms with E-state index < -0.39 is 16.6 Å². The average Bonchev–Trinajstić information content (AvgIpc) is 3.41. The van der Waals surface area contributed by atoms with E-state index in [9.17, 15) is 0 Å². The second-order valence-corrected chi connectivity index (χ2v) is 23.1. The summed E-state index contributed by atoms with van der Waals surface area (Å²) in [5.74, 6) is 1.28. The van der Waals surface area contributed by atoms with E-state index in [2.05, 4.69) is 133 Å². The molecule has 244 valence electrons. The lowest BCUT2D eigenvalue weighted by atomic mass is 9.86. The van der Waals surface area contributed by atoms with Crippen LogP contribution in [0.25, 0.3) is 0 Å². The Balaban J connectivity index is 1.47. The van der Waals surface area contributed by atoms with Crippen LogP contribution in [0.3, 0.4) is 0 Å². The van der Waals surface area contributed by atoms with Crippen LogP contribution in [0.1, 0.15) is 106 Å². The van der Waals surface area contributed by atoms with E-state index in [0.717, 1.165) is 25.9 Å². The summed E-state index contributed by atoms with van der Waals surface area (Å²) in [6.45, 7) is 17.2. The molecule has 0 spiro atoms. The van der Waals surface area contributed by atoms with Crippen LogP contribution in [0.2, 0.25) is 23.2 Å². The first kappa shape index (κ1) is 36.7. The largest absolute Gasteiger partial charge is 0.410 e. The van der Waals surface area contributed by atoms with Crippen LogP contribution in [0, 0.1) is 11.8 Å². The predicted octanol–water partition coefficient (Wildman–Crippen LogP) is 10.8. The Labute approximate surface area is 274 Å². The van der Waals surface area contributed by atoms with E-state index in [1.807, 2.05) is 0 Å². The van der Waals surface area contributed by atoms with Crippen LogP contribution in [-0.4, -0.2) is 29.3 Å². The van der Waals surface area contributed by atoms with Gasteiger partial charge in [0.2, 0.25) is 0 Å². The maximum absolute atomic E-state index is 7.10. The molecule has 3 atom stereocenters. The summed E-state index contributed by atoms with van der Waals surface area (Å²) in [5.41, 5.74) is 0. The van der Waals surface area contributed by atoms with Crippen LogP contribution in [0.4, 0.5) is 0 Å². The fourth-order valence-electron chi connectivity index (χ4n) is 7.41. The molecule has 3 rings (SSSR count). The summed E-state index contributed by atoms with van der Waals surface area (Å²) < 4.78 is 14.1. The molecule has 0 radical (unpaired) electrons. The van der Waals surface area contributed by atoms with Crippen molar-refractivity contribution in [2.45, 2.75) is 136 Å². The molecule has 4 heteroatoms. The third kappa shape index (κ3) is 9.64. The molecule has 0 aromatic heterocycles. The lowest BCUT2D eigenvalue weighted by Crippen LogP contribution is -2.66. The Hall–Kier alpha value is -1.73. The fraction of sp³-hybridized carbons (Fsp3) is 0.600. The highest BCUT2D eigenvalue weighted by Gasteiger charge is 2.50. The van der Waals surface area contributed by atoms with Gasteiger partial charge >= 0.3 is 0 Å². The minimum Gasteiger partial charge on any atom is -0.410 e. The summed E-state index contributed by atoms with van der Waals surface area (Å²) in [6, 6.07) is 25.8. The minimum atomic E-state index is -2.41.